The molecular formula is C16H8N2O4. The van der Waals surface area contributed by atoms with Gasteiger partial charge in [0.15, 0.2) is 0 Å². The zero-order chi connectivity index (χ0) is 15.2. The summed E-state index contributed by atoms with van der Waals surface area (Å²) in [5, 5.41) is 4.55. The Hall–Kier alpha value is -3.02. The summed E-state index contributed by atoms with van der Waals surface area (Å²) in [6.07, 6.45) is 3.56. The van der Waals surface area contributed by atoms with Crippen LogP contribution in [0.15, 0.2) is 35.4 Å². The maximum atomic E-state index is 11.7. The second kappa shape index (κ2) is 3.41. The molecule has 0 unspecified atom stereocenters. The largest absolute Gasteiger partial charge is 0.288 e. The van der Waals surface area contributed by atoms with E-state index in [1.807, 2.05) is 0 Å². The van der Waals surface area contributed by atoms with E-state index >= 15 is 0 Å². The first-order chi connectivity index (χ1) is 10.5. The third-order valence-electron chi connectivity index (χ3n) is 4.74. The Kier molecular flexibility index (Phi) is 1.80. The van der Waals surface area contributed by atoms with Gasteiger partial charge in [-0.15, -0.1) is 0 Å². The van der Waals surface area contributed by atoms with Gasteiger partial charge in [0.1, 0.15) is 0 Å². The highest BCUT2D eigenvalue weighted by molar-refractivity contribution is 6.25. The Morgan fingerprint density at radius 3 is 1.50 bits per heavy atom. The molecule has 2 aliphatic carbocycles. The normalized spacial score (nSPS) is 26.9. The molecule has 22 heavy (non-hydrogen) atoms. The van der Waals surface area contributed by atoms with E-state index in [0.29, 0.717) is 22.3 Å². The van der Waals surface area contributed by atoms with Crippen LogP contribution < -0.4 is 10.6 Å². The van der Waals surface area contributed by atoms with Crippen LogP contribution in [0.5, 0.6) is 0 Å². The SMILES string of the molecule is O=C1NC(=O)C2=C[C@H]3c4cc5c(cc4[C@H]3C=C12)C(=O)NC5=O. The van der Waals surface area contributed by atoms with E-state index in [2.05, 4.69) is 10.6 Å². The number of carbonyl (C=O) groups excluding carboxylic acids is 4. The monoisotopic (exact) mass is 292 g/mol. The van der Waals surface area contributed by atoms with Gasteiger partial charge in [-0.05, 0) is 23.3 Å². The maximum absolute atomic E-state index is 11.7. The van der Waals surface area contributed by atoms with E-state index in [-0.39, 0.29) is 35.5 Å². The van der Waals surface area contributed by atoms with E-state index in [4.69, 9.17) is 0 Å². The topological polar surface area (TPSA) is 92.3 Å². The molecule has 6 nitrogen and oxygen atoms in total. The first-order valence-corrected chi connectivity index (χ1v) is 6.88. The Morgan fingerprint density at radius 2 is 1.05 bits per heavy atom. The van der Waals surface area contributed by atoms with Crippen molar-refractivity contribution in [2.45, 2.75) is 11.8 Å². The summed E-state index contributed by atoms with van der Waals surface area (Å²) in [4.78, 5) is 46.9. The van der Waals surface area contributed by atoms with Crippen LogP contribution in [0.4, 0.5) is 0 Å². The molecule has 4 aliphatic rings. The van der Waals surface area contributed by atoms with Crippen molar-refractivity contribution >= 4 is 23.6 Å². The van der Waals surface area contributed by atoms with Gasteiger partial charge in [-0.3, -0.25) is 29.8 Å². The first-order valence-electron chi connectivity index (χ1n) is 6.88. The molecule has 106 valence electrons. The van der Waals surface area contributed by atoms with Crippen LogP contribution in [0.3, 0.4) is 0 Å². The number of benzene rings is 1. The Labute approximate surface area is 123 Å². The number of fused-ring (bicyclic) bond motifs is 6. The smallest absolute Gasteiger partial charge is 0.258 e. The van der Waals surface area contributed by atoms with Crippen molar-refractivity contribution in [1.82, 2.24) is 10.6 Å². The molecule has 1 fully saturated rings. The molecule has 0 spiro atoms. The fourth-order valence-corrected chi connectivity index (χ4v) is 3.67. The molecule has 0 radical (unpaired) electrons. The molecule has 5 rings (SSSR count). The fraction of sp³-hybridized carbons (Fsp3) is 0.125. The van der Waals surface area contributed by atoms with Crippen molar-refractivity contribution in [3.05, 3.63) is 57.7 Å². The molecule has 1 aromatic carbocycles. The number of nitrogens with one attached hydrogen (secondary N) is 2. The lowest BCUT2D eigenvalue weighted by Gasteiger charge is -2.39. The van der Waals surface area contributed by atoms with Gasteiger partial charge >= 0.3 is 0 Å². The number of imide groups is 2. The summed E-state index contributed by atoms with van der Waals surface area (Å²) in [5.74, 6) is -1.59. The lowest BCUT2D eigenvalue weighted by Crippen LogP contribution is -2.26. The Bertz CT molecular complexity index is 849. The van der Waals surface area contributed by atoms with Gasteiger partial charge < -0.3 is 0 Å². The van der Waals surface area contributed by atoms with Gasteiger partial charge in [0.2, 0.25) is 0 Å². The zero-order valence-electron chi connectivity index (χ0n) is 11.1. The van der Waals surface area contributed by atoms with Gasteiger partial charge in [0.05, 0.1) is 11.1 Å². The van der Waals surface area contributed by atoms with E-state index in [9.17, 15) is 19.2 Å². The predicted molar refractivity (Wildman–Crippen MR) is 73.0 cm³/mol. The van der Waals surface area contributed by atoms with Crippen molar-refractivity contribution in [3.8, 4) is 0 Å². The minimum absolute atomic E-state index is 0.0285. The minimum atomic E-state index is -0.389. The second-order valence-corrected chi connectivity index (χ2v) is 5.81. The number of carbonyl (C=O) groups is 4. The van der Waals surface area contributed by atoms with Crippen LogP contribution in [0, 0.1) is 0 Å². The van der Waals surface area contributed by atoms with Crippen LogP contribution in [-0.2, 0) is 9.59 Å². The van der Waals surface area contributed by atoms with Gasteiger partial charge in [0, 0.05) is 23.0 Å². The van der Waals surface area contributed by atoms with Gasteiger partial charge in [-0.1, -0.05) is 12.2 Å². The quantitative estimate of drug-likeness (QED) is 0.671. The van der Waals surface area contributed by atoms with Crippen molar-refractivity contribution in [3.63, 3.8) is 0 Å². The highest BCUT2D eigenvalue weighted by Crippen LogP contribution is 2.53. The number of rotatable bonds is 0. The van der Waals surface area contributed by atoms with Crippen LogP contribution in [-0.4, -0.2) is 23.6 Å². The van der Waals surface area contributed by atoms with Gasteiger partial charge in [-0.2, -0.15) is 0 Å². The average Bonchev–Trinajstić information content (AvgIpc) is 2.92. The van der Waals surface area contributed by atoms with Crippen molar-refractivity contribution in [1.29, 1.82) is 0 Å². The Morgan fingerprint density at radius 1 is 0.636 bits per heavy atom. The summed E-state index contributed by atoms with van der Waals surface area (Å²) < 4.78 is 0. The van der Waals surface area contributed by atoms with Crippen LogP contribution in [0.2, 0.25) is 0 Å². The second-order valence-electron chi connectivity index (χ2n) is 5.81. The number of hydrogen-bond acceptors (Lipinski definition) is 4. The standard InChI is InChI=1S/C16H8N2O4/c19-13-9-1-5-6(2-10(9)14(20)17-13)8-4-12-11(3-7(5)8)15(21)18-16(12)22/h1-6H,(H,17,19,20)(H,18,21,22)/t5-,6+. The highest BCUT2D eigenvalue weighted by Gasteiger charge is 2.45. The molecule has 2 atom stereocenters. The maximum Gasteiger partial charge on any atom is 0.258 e. The molecule has 1 saturated heterocycles. The Balaban J connectivity index is 1.69. The van der Waals surface area contributed by atoms with Crippen LogP contribution >= 0.6 is 0 Å². The van der Waals surface area contributed by atoms with Crippen molar-refractivity contribution < 1.29 is 19.2 Å². The summed E-state index contributed by atoms with van der Waals surface area (Å²) in [6.45, 7) is 0. The third kappa shape index (κ3) is 1.17. The first kappa shape index (κ1) is 11.6. The molecule has 0 bridgehead atoms. The van der Waals surface area contributed by atoms with Gasteiger partial charge in [0.25, 0.3) is 23.6 Å². The lowest BCUT2D eigenvalue weighted by molar-refractivity contribution is -0.123. The molecule has 2 N–H and O–H groups in total. The molecule has 0 saturated carbocycles. The summed E-state index contributed by atoms with van der Waals surface area (Å²) in [7, 11) is 0. The lowest BCUT2D eigenvalue weighted by atomic mass is 9.63. The van der Waals surface area contributed by atoms with Crippen molar-refractivity contribution in [2.75, 3.05) is 0 Å². The minimum Gasteiger partial charge on any atom is -0.288 e. The molecule has 2 aliphatic heterocycles. The van der Waals surface area contributed by atoms with E-state index in [1.54, 1.807) is 24.3 Å². The van der Waals surface area contributed by atoms with Crippen LogP contribution in [0.25, 0.3) is 0 Å². The summed E-state index contributed by atoms with van der Waals surface area (Å²) in [6, 6.07) is 3.44. The predicted octanol–water partition coefficient (Wildman–Crippen LogP) is 0.274. The number of allylic oxidation sites excluding steroid dienone is 2. The van der Waals surface area contributed by atoms with Crippen molar-refractivity contribution in [2.24, 2.45) is 0 Å². The van der Waals surface area contributed by atoms with E-state index < -0.39 is 0 Å². The molecule has 2 heterocycles. The number of hydrogen-bond donors (Lipinski definition) is 2. The summed E-state index contributed by atoms with van der Waals surface area (Å²) in [5.41, 5.74) is 3.42. The fourth-order valence-electron chi connectivity index (χ4n) is 3.67. The molecular weight excluding hydrogens is 284 g/mol. The summed E-state index contributed by atoms with van der Waals surface area (Å²) >= 11 is 0. The highest BCUT2D eigenvalue weighted by atomic mass is 16.2. The molecule has 6 heteroatoms. The average molecular weight is 292 g/mol. The van der Waals surface area contributed by atoms with E-state index in [0.717, 1.165) is 11.1 Å². The van der Waals surface area contributed by atoms with E-state index in [1.165, 1.54) is 0 Å². The third-order valence-corrected chi connectivity index (χ3v) is 4.74. The molecule has 1 aromatic rings. The molecule has 0 aromatic heterocycles. The number of amides is 4. The molecule has 4 amide bonds. The zero-order valence-corrected chi connectivity index (χ0v) is 11.1. The van der Waals surface area contributed by atoms with Gasteiger partial charge in [-0.25, -0.2) is 0 Å². The van der Waals surface area contributed by atoms with Crippen LogP contribution in [0.1, 0.15) is 43.7 Å².